The first-order valence-electron chi connectivity index (χ1n) is 13.1. The number of unbranched alkanes of at least 4 members (excludes halogenated alkanes) is 2. The Bertz CT molecular complexity index is 919. The molecule has 1 heterocycles. The summed E-state index contributed by atoms with van der Waals surface area (Å²) in [4.78, 5) is 18.3. The zero-order chi connectivity index (χ0) is 24.3. The second-order valence-corrected chi connectivity index (χ2v) is 10.2. The minimum atomic E-state index is 0.116. The number of hydrogen-bond donors (Lipinski definition) is 0. The summed E-state index contributed by atoms with van der Waals surface area (Å²) in [5.74, 6) is 0.835. The molecule has 0 atom stereocenters. The fraction of sp³-hybridized carbons (Fsp3) is 0.533. The maximum atomic E-state index is 13.7. The van der Waals surface area contributed by atoms with Gasteiger partial charge in [0.15, 0.2) is 0 Å². The lowest BCUT2D eigenvalue weighted by atomic mass is 9.99. The predicted molar refractivity (Wildman–Crippen MR) is 140 cm³/mol. The molecule has 1 aliphatic rings. The highest BCUT2D eigenvalue weighted by atomic mass is 16.2. The van der Waals surface area contributed by atoms with Crippen LogP contribution < -0.4 is 0 Å². The monoisotopic (exact) mass is 459 g/mol. The number of nitrogens with zero attached hydrogens (tertiary/aromatic N) is 3. The molecule has 0 bridgehead atoms. The van der Waals surface area contributed by atoms with Crippen molar-refractivity contribution in [2.45, 2.75) is 78.3 Å². The van der Waals surface area contributed by atoms with E-state index in [0.717, 1.165) is 55.9 Å². The van der Waals surface area contributed by atoms with Crippen molar-refractivity contribution < 1.29 is 4.79 Å². The van der Waals surface area contributed by atoms with Crippen molar-refractivity contribution in [2.24, 2.45) is 5.92 Å². The number of rotatable bonds is 11. The lowest BCUT2D eigenvalue weighted by Gasteiger charge is -2.39. The highest BCUT2D eigenvalue weighted by molar-refractivity contribution is 5.94. The summed E-state index contributed by atoms with van der Waals surface area (Å²) in [6.45, 7) is 10.6. The van der Waals surface area contributed by atoms with E-state index in [2.05, 4.69) is 48.8 Å². The number of likely N-dealkylation sites (tertiary alicyclic amines) is 1. The average Bonchev–Trinajstić information content (AvgIpc) is 2.87. The van der Waals surface area contributed by atoms with Crippen LogP contribution in [0.2, 0.25) is 0 Å². The van der Waals surface area contributed by atoms with E-state index in [1.165, 1.54) is 31.2 Å². The van der Waals surface area contributed by atoms with Crippen LogP contribution in [0.4, 0.5) is 0 Å². The number of nitriles is 1. The molecule has 3 rings (SSSR count). The van der Waals surface area contributed by atoms with E-state index in [1.54, 1.807) is 0 Å². The molecule has 0 radical (unpaired) electrons. The van der Waals surface area contributed by atoms with Crippen LogP contribution in [0.5, 0.6) is 0 Å². The lowest BCUT2D eigenvalue weighted by molar-refractivity contribution is 0.0546. The summed E-state index contributed by atoms with van der Waals surface area (Å²) < 4.78 is 0. The van der Waals surface area contributed by atoms with Gasteiger partial charge in [0.25, 0.3) is 5.91 Å². The van der Waals surface area contributed by atoms with Crippen LogP contribution in [0.3, 0.4) is 0 Å². The Balaban J connectivity index is 1.72. The molecule has 4 heteroatoms. The summed E-state index contributed by atoms with van der Waals surface area (Å²) in [5.41, 5.74) is 3.81. The third-order valence-electron chi connectivity index (χ3n) is 6.99. The van der Waals surface area contributed by atoms with Gasteiger partial charge < -0.3 is 9.80 Å². The van der Waals surface area contributed by atoms with Gasteiger partial charge in [0.2, 0.25) is 0 Å². The fourth-order valence-electron chi connectivity index (χ4n) is 4.70. The molecule has 2 aromatic rings. The number of hydrogen-bond acceptors (Lipinski definition) is 3. The van der Waals surface area contributed by atoms with Crippen molar-refractivity contribution in [3.63, 3.8) is 0 Å². The molecule has 0 aliphatic carbocycles. The molecule has 1 aliphatic heterocycles. The van der Waals surface area contributed by atoms with Crippen molar-refractivity contribution in [1.82, 2.24) is 9.80 Å². The first-order valence-corrected chi connectivity index (χ1v) is 13.1. The van der Waals surface area contributed by atoms with Crippen LogP contribution in [0.15, 0.2) is 48.5 Å². The van der Waals surface area contributed by atoms with Gasteiger partial charge in [0.05, 0.1) is 11.6 Å². The molecule has 34 heavy (non-hydrogen) atoms. The van der Waals surface area contributed by atoms with E-state index in [0.29, 0.717) is 12.1 Å². The van der Waals surface area contributed by atoms with E-state index in [1.807, 2.05) is 36.4 Å². The maximum Gasteiger partial charge on any atom is 0.254 e. The van der Waals surface area contributed by atoms with Gasteiger partial charge in [-0.25, -0.2) is 0 Å². The molecule has 2 aromatic carbocycles. The molecule has 1 saturated heterocycles. The Morgan fingerprint density at radius 3 is 2.26 bits per heavy atom. The van der Waals surface area contributed by atoms with Crippen LogP contribution in [0, 0.1) is 17.2 Å². The topological polar surface area (TPSA) is 47.3 Å². The summed E-state index contributed by atoms with van der Waals surface area (Å²) >= 11 is 0. The number of carbonyl (C=O) groups is 1. The summed E-state index contributed by atoms with van der Waals surface area (Å²) in [7, 11) is 0. The molecular formula is C30H41N3O. The molecule has 182 valence electrons. The van der Waals surface area contributed by atoms with Crippen molar-refractivity contribution in [3.8, 4) is 6.07 Å². The van der Waals surface area contributed by atoms with E-state index >= 15 is 0 Å². The standard InChI is InChI=1S/C30H41N3O/c1-4-5-6-7-25-12-14-28(15-13-25)30(34)33(23-27-10-8-26(22-31)9-11-27)29-17-20-32(21-18-29)19-16-24(2)3/h8-15,24,29H,4-7,16-21,23H2,1-3H3. The normalized spacial score (nSPS) is 14.8. The summed E-state index contributed by atoms with van der Waals surface area (Å²) in [6, 6.07) is 18.3. The molecule has 1 amide bonds. The smallest absolute Gasteiger partial charge is 0.254 e. The van der Waals surface area contributed by atoms with Crippen LogP contribution >= 0.6 is 0 Å². The minimum absolute atomic E-state index is 0.116. The van der Waals surface area contributed by atoms with Crippen LogP contribution in [-0.2, 0) is 13.0 Å². The highest BCUT2D eigenvalue weighted by Gasteiger charge is 2.28. The molecule has 0 N–H and O–H groups in total. The predicted octanol–water partition coefficient (Wildman–Crippen LogP) is 6.44. The lowest BCUT2D eigenvalue weighted by Crippen LogP contribution is -2.47. The molecule has 4 nitrogen and oxygen atoms in total. The van der Waals surface area contributed by atoms with Gasteiger partial charge in [-0.1, -0.05) is 57.9 Å². The van der Waals surface area contributed by atoms with E-state index in [-0.39, 0.29) is 11.9 Å². The third kappa shape index (κ3) is 7.71. The van der Waals surface area contributed by atoms with Crippen LogP contribution in [0.25, 0.3) is 0 Å². The number of carbonyl (C=O) groups excluding carboxylic acids is 1. The van der Waals surface area contributed by atoms with Gasteiger partial charge in [-0.05, 0) is 80.0 Å². The van der Waals surface area contributed by atoms with Crippen molar-refractivity contribution in [2.75, 3.05) is 19.6 Å². The van der Waals surface area contributed by atoms with E-state index in [9.17, 15) is 4.79 Å². The van der Waals surface area contributed by atoms with Crippen LogP contribution in [0.1, 0.15) is 86.3 Å². The third-order valence-corrected chi connectivity index (χ3v) is 6.99. The Morgan fingerprint density at radius 1 is 1.03 bits per heavy atom. The van der Waals surface area contributed by atoms with Crippen LogP contribution in [-0.4, -0.2) is 41.4 Å². The zero-order valence-corrected chi connectivity index (χ0v) is 21.3. The Kier molecular flexibility index (Phi) is 10.2. The molecule has 0 unspecified atom stereocenters. The van der Waals surface area contributed by atoms with Gasteiger partial charge in [0.1, 0.15) is 0 Å². The maximum absolute atomic E-state index is 13.7. The van der Waals surface area contributed by atoms with Crippen molar-refractivity contribution in [1.29, 1.82) is 5.26 Å². The average molecular weight is 460 g/mol. The SMILES string of the molecule is CCCCCc1ccc(C(=O)N(Cc2ccc(C#N)cc2)C2CCN(CCC(C)C)CC2)cc1. The van der Waals surface area contributed by atoms with E-state index in [4.69, 9.17) is 5.26 Å². The molecule has 0 aromatic heterocycles. The zero-order valence-electron chi connectivity index (χ0n) is 21.3. The summed E-state index contributed by atoms with van der Waals surface area (Å²) in [5, 5.41) is 9.13. The number of benzene rings is 2. The summed E-state index contributed by atoms with van der Waals surface area (Å²) in [6.07, 6.45) is 7.98. The Morgan fingerprint density at radius 2 is 1.68 bits per heavy atom. The quantitative estimate of drug-likeness (QED) is 0.363. The Labute approximate surface area is 206 Å². The fourth-order valence-corrected chi connectivity index (χ4v) is 4.70. The molecule has 0 saturated carbocycles. The van der Waals surface area contributed by atoms with Gasteiger partial charge in [-0.3, -0.25) is 4.79 Å². The first-order chi connectivity index (χ1) is 16.5. The Hall–Kier alpha value is -2.64. The van der Waals surface area contributed by atoms with Gasteiger partial charge in [-0.2, -0.15) is 5.26 Å². The number of amides is 1. The van der Waals surface area contributed by atoms with Crippen molar-refractivity contribution in [3.05, 3.63) is 70.8 Å². The molecular weight excluding hydrogens is 418 g/mol. The molecule has 1 fully saturated rings. The highest BCUT2D eigenvalue weighted by Crippen LogP contribution is 2.23. The minimum Gasteiger partial charge on any atom is -0.331 e. The molecule has 0 spiro atoms. The number of piperidine rings is 1. The second-order valence-electron chi connectivity index (χ2n) is 10.2. The first kappa shape index (κ1) is 26.0. The van der Waals surface area contributed by atoms with Gasteiger partial charge in [0, 0.05) is 31.2 Å². The number of aryl methyl sites for hydroxylation is 1. The second kappa shape index (κ2) is 13.3. The van der Waals surface area contributed by atoms with Gasteiger partial charge >= 0.3 is 0 Å². The van der Waals surface area contributed by atoms with E-state index < -0.39 is 0 Å². The van der Waals surface area contributed by atoms with Crippen molar-refractivity contribution >= 4 is 5.91 Å². The van der Waals surface area contributed by atoms with Gasteiger partial charge in [-0.15, -0.1) is 0 Å². The largest absolute Gasteiger partial charge is 0.331 e.